The van der Waals surface area contributed by atoms with Gasteiger partial charge in [0, 0.05) is 0 Å². The van der Waals surface area contributed by atoms with Crippen molar-refractivity contribution >= 4 is 11.8 Å². The molecule has 0 unspecified atom stereocenters. The highest BCUT2D eigenvalue weighted by atomic mass is 16.2. The van der Waals surface area contributed by atoms with Gasteiger partial charge in [-0.05, 0) is 11.5 Å². The SMILES string of the molecule is CC(C)[C@H](NC(=O)Cc1ccccc1)C(=O)NN1CC[NH+](C)CC1. The number of amides is 2. The lowest BCUT2D eigenvalue weighted by atomic mass is 10.0. The molecule has 0 bridgehead atoms. The highest BCUT2D eigenvalue weighted by Gasteiger charge is 2.27. The number of benzene rings is 1. The Balaban J connectivity index is 1.88. The Hall–Kier alpha value is -1.92. The van der Waals surface area contributed by atoms with E-state index in [1.807, 2.05) is 49.2 Å². The van der Waals surface area contributed by atoms with Gasteiger partial charge in [0.15, 0.2) is 0 Å². The summed E-state index contributed by atoms with van der Waals surface area (Å²) < 4.78 is 0. The third kappa shape index (κ3) is 5.62. The first kappa shape index (κ1) is 18.4. The van der Waals surface area contributed by atoms with Gasteiger partial charge in [0.25, 0.3) is 5.91 Å². The first-order valence-electron chi connectivity index (χ1n) is 8.65. The van der Waals surface area contributed by atoms with Gasteiger partial charge < -0.3 is 10.2 Å². The second-order valence-electron chi connectivity index (χ2n) is 6.87. The minimum atomic E-state index is -0.520. The van der Waals surface area contributed by atoms with E-state index >= 15 is 0 Å². The van der Waals surface area contributed by atoms with Crippen molar-refractivity contribution in [2.75, 3.05) is 33.2 Å². The van der Waals surface area contributed by atoms with Crippen molar-refractivity contribution in [3.05, 3.63) is 35.9 Å². The Kier molecular flexibility index (Phi) is 6.75. The number of piperazine rings is 1. The van der Waals surface area contributed by atoms with Gasteiger partial charge in [0.1, 0.15) is 6.04 Å². The second-order valence-corrected chi connectivity index (χ2v) is 6.87. The number of carbonyl (C=O) groups excluding carboxylic acids is 2. The van der Waals surface area contributed by atoms with E-state index in [-0.39, 0.29) is 24.2 Å². The number of nitrogens with zero attached hydrogens (tertiary/aromatic N) is 1. The molecule has 6 heteroatoms. The molecule has 24 heavy (non-hydrogen) atoms. The molecule has 2 rings (SSSR count). The Morgan fingerprint density at radius 1 is 1.17 bits per heavy atom. The van der Waals surface area contributed by atoms with Gasteiger partial charge in [0.05, 0.1) is 39.6 Å². The van der Waals surface area contributed by atoms with Crippen LogP contribution in [0.15, 0.2) is 30.3 Å². The lowest BCUT2D eigenvalue weighted by Crippen LogP contribution is -3.12. The number of likely N-dealkylation sites (N-methyl/N-ethyl adjacent to an activating group) is 1. The molecule has 1 aliphatic rings. The number of hydrazine groups is 1. The predicted octanol–water partition coefficient (Wildman–Crippen LogP) is -0.769. The summed E-state index contributed by atoms with van der Waals surface area (Å²) in [6.07, 6.45) is 0.287. The van der Waals surface area contributed by atoms with Gasteiger partial charge in [-0.1, -0.05) is 44.2 Å². The van der Waals surface area contributed by atoms with E-state index in [1.165, 1.54) is 4.90 Å². The molecule has 1 fully saturated rings. The average Bonchev–Trinajstić information content (AvgIpc) is 2.55. The lowest BCUT2D eigenvalue weighted by molar-refractivity contribution is -0.884. The maximum Gasteiger partial charge on any atom is 0.257 e. The van der Waals surface area contributed by atoms with Gasteiger partial charge >= 0.3 is 0 Å². The topological polar surface area (TPSA) is 65.9 Å². The van der Waals surface area contributed by atoms with Crippen molar-refractivity contribution in [2.24, 2.45) is 5.92 Å². The summed E-state index contributed by atoms with van der Waals surface area (Å²) in [4.78, 5) is 26.3. The van der Waals surface area contributed by atoms with Crippen LogP contribution >= 0.6 is 0 Å². The van der Waals surface area contributed by atoms with Crippen molar-refractivity contribution in [3.63, 3.8) is 0 Å². The fraction of sp³-hybridized carbons (Fsp3) is 0.556. The number of hydrogen-bond donors (Lipinski definition) is 3. The van der Waals surface area contributed by atoms with Crippen molar-refractivity contribution < 1.29 is 14.5 Å². The zero-order valence-corrected chi connectivity index (χ0v) is 14.8. The Bertz CT molecular complexity index is 539. The summed E-state index contributed by atoms with van der Waals surface area (Å²) in [6, 6.07) is 9.04. The molecule has 0 aromatic heterocycles. The van der Waals surface area contributed by atoms with Crippen LogP contribution in [-0.4, -0.2) is 56.1 Å². The number of quaternary nitrogens is 1. The molecule has 1 atom stereocenters. The fourth-order valence-electron chi connectivity index (χ4n) is 2.77. The van der Waals surface area contributed by atoms with Crippen LogP contribution in [0.1, 0.15) is 19.4 Å². The van der Waals surface area contributed by atoms with E-state index in [2.05, 4.69) is 17.8 Å². The molecule has 0 aliphatic carbocycles. The van der Waals surface area contributed by atoms with Gasteiger partial charge in [-0.2, -0.15) is 0 Å². The fourth-order valence-corrected chi connectivity index (χ4v) is 2.77. The molecule has 6 nitrogen and oxygen atoms in total. The molecule has 0 saturated carbocycles. The molecule has 1 aliphatic heterocycles. The number of carbonyl (C=O) groups is 2. The molecular formula is C18H29N4O2+. The maximum atomic E-state index is 12.5. The van der Waals surface area contributed by atoms with Crippen LogP contribution < -0.4 is 15.6 Å². The summed E-state index contributed by atoms with van der Waals surface area (Å²) in [6.45, 7) is 7.57. The van der Waals surface area contributed by atoms with Crippen molar-refractivity contribution in [3.8, 4) is 0 Å². The summed E-state index contributed by atoms with van der Waals surface area (Å²) >= 11 is 0. The molecule has 132 valence electrons. The quantitative estimate of drug-likeness (QED) is 0.641. The van der Waals surface area contributed by atoms with E-state index in [4.69, 9.17) is 0 Å². The van der Waals surface area contributed by atoms with Crippen LogP contribution in [0, 0.1) is 5.92 Å². The van der Waals surface area contributed by atoms with Crippen LogP contribution in [0.5, 0.6) is 0 Å². The number of rotatable bonds is 6. The van der Waals surface area contributed by atoms with Crippen LogP contribution in [0.2, 0.25) is 0 Å². The van der Waals surface area contributed by atoms with Gasteiger partial charge in [0.2, 0.25) is 5.91 Å². The summed E-state index contributed by atoms with van der Waals surface area (Å²) in [7, 11) is 2.15. The predicted molar refractivity (Wildman–Crippen MR) is 93.3 cm³/mol. The van der Waals surface area contributed by atoms with Crippen LogP contribution in [0.4, 0.5) is 0 Å². The Morgan fingerprint density at radius 2 is 1.79 bits per heavy atom. The van der Waals surface area contributed by atoms with Crippen LogP contribution in [0.25, 0.3) is 0 Å². The maximum absolute atomic E-state index is 12.5. The zero-order chi connectivity index (χ0) is 17.5. The highest BCUT2D eigenvalue weighted by Crippen LogP contribution is 2.05. The van der Waals surface area contributed by atoms with E-state index in [9.17, 15) is 9.59 Å². The smallest absolute Gasteiger partial charge is 0.257 e. The Labute approximate surface area is 144 Å². The van der Waals surface area contributed by atoms with E-state index in [1.54, 1.807) is 0 Å². The molecule has 1 heterocycles. The lowest BCUT2D eigenvalue weighted by Gasteiger charge is -2.32. The zero-order valence-electron chi connectivity index (χ0n) is 14.8. The van der Waals surface area contributed by atoms with Gasteiger partial charge in [-0.25, -0.2) is 5.01 Å². The normalized spacial score (nSPS) is 17.5. The standard InChI is InChI=1S/C18H28N4O2/c1-14(2)17(18(24)20-22-11-9-21(3)10-12-22)19-16(23)13-15-7-5-4-6-8-15/h4-8,14,17H,9-13H2,1-3H3,(H,19,23)(H,20,24)/p+1/t17-/m0/s1. The minimum Gasteiger partial charge on any atom is -0.344 e. The highest BCUT2D eigenvalue weighted by molar-refractivity contribution is 5.88. The molecule has 0 radical (unpaired) electrons. The van der Waals surface area contributed by atoms with E-state index < -0.39 is 6.04 Å². The molecule has 2 amide bonds. The van der Waals surface area contributed by atoms with Crippen molar-refractivity contribution in [1.82, 2.24) is 15.8 Å². The minimum absolute atomic E-state index is 0.0304. The summed E-state index contributed by atoms with van der Waals surface area (Å²) in [5, 5.41) is 4.83. The monoisotopic (exact) mass is 333 g/mol. The summed E-state index contributed by atoms with van der Waals surface area (Å²) in [5.74, 6) is -0.230. The van der Waals surface area contributed by atoms with Crippen LogP contribution in [0.3, 0.4) is 0 Å². The number of nitrogens with one attached hydrogen (secondary N) is 3. The molecule has 1 aromatic rings. The van der Waals surface area contributed by atoms with Crippen molar-refractivity contribution in [1.29, 1.82) is 0 Å². The van der Waals surface area contributed by atoms with E-state index in [0.29, 0.717) is 0 Å². The molecule has 1 saturated heterocycles. The third-order valence-corrected chi connectivity index (χ3v) is 4.36. The first-order valence-corrected chi connectivity index (χ1v) is 8.65. The second kappa shape index (κ2) is 8.80. The van der Waals surface area contributed by atoms with Crippen molar-refractivity contribution in [2.45, 2.75) is 26.3 Å². The molecule has 1 aromatic carbocycles. The van der Waals surface area contributed by atoms with Gasteiger partial charge in [-0.3, -0.25) is 15.0 Å². The molecule has 3 N–H and O–H groups in total. The third-order valence-electron chi connectivity index (χ3n) is 4.36. The Morgan fingerprint density at radius 3 is 2.38 bits per heavy atom. The first-order chi connectivity index (χ1) is 11.5. The average molecular weight is 333 g/mol. The number of hydrogen-bond acceptors (Lipinski definition) is 3. The molecular weight excluding hydrogens is 304 g/mol. The van der Waals surface area contributed by atoms with Crippen LogP contribution in [-0.2, 0) is 16.0 Å². The molecule has 0 spiro atoms. The van der Waals surface area contributed by atoms with E-state index in [0.717, 1.165) is 31.7 Å². The largest absolute Gasteiger partial charge is 0.344 e. The van der Waals surface area contributed by atoms with Gasteiger partial charge in [-0.15, -0.1) is 0 Å². The summed E-state index contributed by atoms with van der Waals surface area (Å²) in [5.41, 5.74) is 3.90.